The van der Waals surface area contributed by atoms with E-state index in [1.165, 1.54) is 7.11 Å². The Balaban J connectivity index is 1.72. The van der Waals surface area contributed by atoms with Gasteiger partial charge in [-0.15, -0.1) is 0 Å². The summed E-state index contributed by atoms with van der Waals surface area (Å²) in [5.74, 6) is -1.03. The van der Waals surface area contributed by atoms with Crippen molar-refractivity contribution in [2.24, 2.45) is 0 Å². The van der Waals surface area contributed by atoms with Gasteiger partial charge in [0, 0.05) is 6.54 Å². The topological polar surface area (TPSA) is 93.7 Å². The van der Waals surface area contributed by atoms with Crippen LogP contribution in [0.5, 0.6) is 5.75 Å². The van der Waals surface area contributed by atoms with Crippen LogP contribution in [0.25, 0.3) is 0 Å². The highest BCUT2D eigenvalue weighted by Gasteiger charge is 2.13. The molecule has 0 spiro atoms. The number of halogens is 1. The zero-order valence-electron chi connectivity index (χ0n) is 15.6. The van der Waals surface area contributed by atoms with Crippen molar-refractivity contribution in [3.8, 4) is 5.75 Å². The summed E-state index contributed by atoms with van der Waals surface area (Å²) >= 11 is 6.03. The molecule has 7 nitrogen and oxygen atoms in total. The molecule has 0 unspecified atom stereocenters. The summed E-state index contributed by atoms with van der Waals surface area (Å²) in [7, 11) is 1.47. The summed E-state index contributed by atoms with van der Waals surface area (Å²) < 4.78 is 10.0. The molecule has 0 aromatic heterocycles. The van der Waals surface area contributed by atoms with Crippen molar-refractivity contribution in [3.63, 3.8) is 0 Å². The molecular formula is C20H21ClN2O5. The van der Waals surface area contributed by atoms with Gasteiger partial charge in [0.25, 0.3) is 11.8 Å². The first-order chi connectivity index (χ1) is 13.4. The van der Waals surface area contributed by atoms with E-state index in [1.54, 1.807) is 42.5 Å². The molecule has 0 saturated carbocycles. The van der Waals surface area contributed by atoms with Crippen molar-refractivity contribution in [1.82, 2.24) is 5.32 Å². The van der Waals surface area contributed by atoms with E-state index >= 15 is 0 Å². The van der Waals surface area contributed by atoms with Gasteiger partial charge in [-0.05, 0) is 36.8 Å². The Kier molecular flexibility index (Phi) is 7.83. The molecule has 0 bridgehead atoms. The molecule has 2 amide bonds. The van der Waals surface area contributed by atoms with Crippen LogP contribution in [0.2, 0.25) is 5.02 Å². The SMILES string of the molecule is COc1ccccc1C(=O)NCCC(=O)OCC(=O)Nc1ccc(C)cc1Cl. The zero-order chi connectivity index (χ0) is 20.5. The van der Waals surface area contributed by atoms with Crippen LogP contribution < -0.4 is 15.4 Å². The number of aryl methyl sites for hydroxylation is 1. The second kappa shape index (κ2) is 10.3. The van der Waals surface area contributed by atoms with E-state index in [-0.39, 0.29) is 18.9 Å². The molecule has 8 heteroatoms. The standard InChI is InChI=1S/C20H21ClN2O5/c1-13-7-8-16(15(21)11-13)23-18(24)12-28-19(25)9-10-22-20(26)14-5-3-4-6-17(14)27-2/h3-8,11H,9-10,12H2,1-2H3,(H,22,26)(H,23,24). The Morgan fingerprint density at radius 2 is 1.86 bits per heavy atom. The maximum atomic E-state index is 12.1. The lowest BCUT2D eigenvalue weighted by atomic mass is 10.2. The van der Waals surface area contributed by atoms with Crippen molar-refractivity contribution >= 4 is 35.1 Å². The molecule has 0 aliphatic heterocycles. The summed E-state index contributed by atoms with van der Waals surface area (Å²) in [6.07, 6.45) is -0.0700. The number of carbonyl (C=O) groups excluding carboxylic acids is 3. The van der Waals surface area contributed by atoms with Crippen LogP contribution in [0.15, 0.2) is 42.5 Å². The van der Waals surface area contributed by atoms with Crippen molar-refractivity contribution < 1.29 is 23.9 Å². The van der Waals surface area contributed by atoms with Crippen LogP contribution in [0, 0.1) is 6.92 Å². The van der Waals surface area contributed by atoms with Crippen LogP contribution in [0.4, 0.5) is 5.69 Å². The molecule has 28 heavy (non-hydrogen) atoms. The number of amides is 2. The molecule has 0 heterocycles. The lowest BCUT2D eigenvalue weighted by molar-refractivity contribution is -0.147. The summed E-state index contributed by atoms with van der Waals surface area (Å²) in [6.45, 7) is 1.51. The molecule has 0 saturated heterocycles. The number of rotatable bonds is 8. The van der Waals surface area contributed by atoms with Gasteiger partial charge < -0.3 is 20.1 Å². The first-order valence-electron chi connectivity index (χ1n) is 8.53. The van der Waals surface area contributed by atoms with Gasteiger partial charge in [-0.1, -0.05) is 29.8 Å². The molecule has 0 aliphatic carbocycles. The Labute approximate surface area is 168 Å². The fraction of sp³-hybridized carbons (Fsp3) is 0.250. The normalized spacial score (nSPS) is 10.1. The minimum absolute atomic E-state index is 0.0700. The van der Waals surface area contributed by atoms with Crippen molar-refractivity contribution in [3.05, 3.63) is 58.6 Å². The number of methoxy groups -OCH3 is 1. The minimum Gasteiger partial charge on any atom is -0.496 e. The van der Waals surface area contributed by atoms with E-state index in [2.05, 4.69) is 10.6 Å². The Morgan fingerprint density at radius 1 is 1.11 bits per heavy atom. The number of benzene rings is 2. The average molecular weight is 405 g/mol. The second-order valence-corrected chi connectivity index (χ2v) is 6.31. The van der Waals surface area contributed by atoms with Crippen LogP contribution in [-0.4, -0.2) is 38.0 Å². The summed E-state index contributed by atoms with van der Waals surface area (Å²) in [5.41, 5.74) is 1.77. The average Bonchev–Trinajstić information content (AvgIpc) is 2.68. The Morgan fingerprint density at radius 3 is 2.57 bits per heavy atom. The zero-order valence-corrected chi connectivity index (χ0v) is 16.3. The quantitative estimate of drug-likeness (QED) is 0.660. The predicted octanol–water partition coefficient (Wildman–Crippen LogP) is 2.96. The van der Waals surface area contributed by atoms with Gasteiger partial charge >= 0.3 is 5.97 Å². The lowest BCUT2D eigenvalue weighted by Crippen LogP contribution is -2.28. The molecule has 0 fully saturated rings. The fourth-order valence-electron chi connectivity index (χ4n) is 2.33. The third-order valence-corrected chi connectivity index (χ3v) is 4.04. The molecule has 2 N–H and O–H groups in total. The van der Waals surface area contributed by atoms with Gasteiger partial charge in [-0.2, -0.15) is 0 Å². The van der Waals surface area contributed by atoms with Gasteiger partial charge in [0.05, 0.1) is 29.8 Å². The third kappa shape index (κ3) is 6.28. The first-order valence-corrected chi connectivity index (χ1v) is 8.91. The molecule has 2 aromatic carbocycles. The van der Waals surface area contributed by atoms with Gasteiger partial charge in [0.2, 0.25) is 0 Å². The van der Waals surface area contributed by atoms with Crippen molar-refractivity contribution in [1.29, 1.82) is 0 Å². The van der Waals surface area contributed by atoms with E-state index in [0.29, 0.717) is 22.0 Å². The molecule has 2 aromatic rings. The number of carbonyl (C=O) groups is 3. The third-order valence-electron chi connectivity index (χ3n) is 3.73. The number of esters is 1. The first kappa shape index (κ1) is 21.2. The van der Waals surface area contributed by atoms with Gasteiger partial charge in [0.1, 0.15) is 5.75 Å². The number of ether oxygens (including phenoxy) is 2. The fourth-order valence-corrected chi connectivity index (χ4v) is 2.61. The smallest absolute Gasteiger partial charge is 0.308 e. The van der Waals surface area contributed by atoms with Crippen LogP contribution in [-0.2, 0) is 14.3 Å². The molecule has 0 aliphatic rings. The maximum absolute atomic E-state index is 12.1. The highest BCUT2D eigenvalue weighted by atomic mass is 35.5. The van der Waals surface area contributed by atoms with Crippen LogP contribution in [0.1, 0.15) is 22.3 Å². The van der Waals surface area contributed by atoms with Crippen molar-refractivity contribution in [2.75, 3.05) is 25.6 Å². The van der Waals surface area contributed by atoms with Crippen molar-refractivity contribution in [2.45, 2.75) is 13.3 Å². The number of nitrogens with one attached hydrogen (secondary N) is 2. The monoisotopic (exact) mass is 404 g/mol. The Hall–Kier alpha value is -3.06. The predicted molar refractivity (Wildman–Crippen MR) is 106 cm³/mol. The van der Waals surface area contributed by atoms with Crippen LogP contribution in [0.3, 0.4) is 0 Å². The van der Waals surface area contributed by atoms with E-state index in [1.807, 2.05) is 6.92 Å². The summed E-state index contributed by atoms with van der Waals surface area (Å²) in [6, 6.07) is 11.9. The second-order valence-electron chi connectivity index (χ2n) is 5.90. The Bertz CT molecular complexity index is 869. The molecule has 0 atom stereocenters. The number of hydrogen-bond acceptors (Lipinski definition) is 5. The molecule has 148 valence electrons. The number of anilines is 1. The van der Waals surface area contributed by atoms with E-state index in [0.717, 1.165) is 5.56 Å². The summed E-state index contributed by atoms with van der Waals surface area (Å²) in [5, 5.41) is 5.58. The minimum atomic E-state index is -0.606. The van der Waals surface area contributed by atoms with Gasteiger partial charge in [-0.3, -0.25) is 14.4 Å². The lowest BCUT2D eigenvalue weighted by Gasteiger charge is -2.10. The van der Waals surface area contributed by atoms with Gasteiger partial charge in [-0.25, -0.2) is 0 Å². The van der Waals surface area contributed by atoms with Crippen LogP contribution >= 0.6 is 11.6 Å². The summed E-state index contributed by atoms with van der Waals surface area (Å²) in [4.78, 5) is 35.7. The maximum Gasteiger partial charge on any atom is 0.308 e. The highest BCUT2D eigenvalue weighted by molar-refractivity contribution is 6.33. The van der Waals surface area contributed by atoms with E-state index < -0.39 is 18.5 Å². The largest absolute Gasteiger partial charge is 0.496 e. The van der Waals surface area contributed by atoms with E-state index in [4.69, 9.17) is 21.1 Å². The molecule has 2 rings (SSSR count). The molecular weight excluding hydrogens is 384 g/mol. The van der Waals surface area contributed by atoms with Gasteiger partial charge in [0.15, 0.2) is 6.61 Å². The molecule has 0 radical (unpaired) electrons. The number of para-hydroxylation sites is 1. The highest BCUT2D eigenvalue weighted by Crippen LogP contribution is 2.22. The number of hydrogen-bond donors (Lipinski definition) is 2. The van der Waals surface area contributed by atoms with E-state index in [9.17, 15) is 14.4 Å².